The van der Waals surface area contributed by atoms with Crippen molar-refractivity contribution >= 4 is 17.3 Å². The number of morpholine rings is 1. The van der Waals surface area contributed by atoms with Crippen LogP contribution in [0, 0.1) is 16.0 Å². The Morgan fingerprint density at radius 1 is 1.21 bits per heavy atom. The summed E-state index contributed by atoms with van der Waals surface area (Å²) in [6, 6.07) is 2.58. The lowest BCUT2D eigenvalue weighted by Gasteiger charge is -2.43. The molecule has 1 aromatic rings. The minimum absolute atomic E-state index is 0.0514. The topological polar surface area (TPSA) is 88.0 Å². The number of anilines is 1. The van der Waals surface area contributed by atoms with Crippen LogP contribution >= 0.6 is 0 Å². The lowest BCUT2D eigenvalue weighted by atomic mass is 9.93. The second-order valence-corrected chi connectivity index (χ2v) is 8.89. The number of piperidine rings is 1. The zero-order chi connectivity index (χ0) is 24.2. The molecular formula is C22H31F3N4O4. The highest BCUT2D eigenvalue weighted by Crippen LogP contribution is 2.37. The fourth-order valence-corrected chi connectivity index (χ4v) is 4.48. The van der Waals surface area contributed by atoms with Crippen LogP contribution in [0.2, 0.25) is 0 Å². The Balaban J connectivity index is 1.59. The number of nitrogens with one attached hydrogen (secondary N) is 1. The Morgan fingerprint density at radius 3 is 2.39 bits per heavy atom. The minimum Gasteiger partial charge on any atom is -0.379 e. The maximum absolute atomic E-state index is 13.0. The van der Waals surface area contributed by atoms with Crippen LogP contribution in [0.1, 0.15) is 38.7 Å². The molecular weight excluding hydrogens is 441 g/mol. The predicted molar refractivity (Wildman–Crippen MR) is 117 cm³/mol. The molecule has 1 amide bonds. The first-order valence-electron chi connectivity index (χ1n) is 11.3. The van der Waals surface area contributed by atoms with Gasteiger partial charge in [0.15, 0.2) is 0 Å². The van der Waals surface area contributed by atoms with Crippen LogP contribution < -0.4 is 10.2 Å². The van der Waals surface area contributed by atoms with Crippen LogP contribution in [-0.4, -0.2) is 67.2 Å². The van der Waals surface area contributed by atoms with E-state index in [1.807, 2.05) is 0 Å². The Morgan fingerprint density at radius 2 is 1.85 bits per heavy atom. The van der Waals surface area contributed by atoms with Gasteiger partial charge in [0.1, 0.15) is 5.69 Å². The largest absolute Gasteiger partial charge is 0.416 e. The maximum Gasteiger partial charge on any atom is 0.416 e. The number of benzene rings is 1. The van der Waals surface area contributed by atoms with Crippen molar-refractivity contribution in [1.29, 1.82) is 0 Å². The van der Waals surface area contributed by atoms with Crippen molar-refractivity contribution < 1.29 is 27.6 Å². The van der Waals surface area contributed by atoms with Crippen LogP contribution in [0.3, 0.4) is 0 Å². The van der Waals surface area contributed by atoms with Gasteiger partial charge in [0.25, 0.3) is 5.69 Å². The quantitative estimate of drug-likeness (QED) is 0.483. The van der Waals surface area contributed by atoms with Gasteiger partial charge in [0.05, 0.1) is 23.7 Å². The molecule has 33 heavy (non-hydrogen) atoms. The zero-order valence-corrected chi connectivity index (χ0v) is 19.0. The van der Waals surface area contributed by atoms with Gasteiger partial charge in [-0.25, -0.2) is 0 Å². The van der Waals surface area contributed by atoms with Crippen molar-refractivity contribution in [3.05, 3.63) is 33.9 Å². The molecule has 0 spiro atoms. The number of alkyl halides is 3. The summed E-state index contributed by atoms with van der Waals surface area (Å²) in [5.41, 5.74) is -1.64. The summed E-state index contributed by atoms with van der Waals surface area (Å²) in [5, 5.41) is 14.5. The minimum atomic E-state index is -4.65. The predicted octanol–water partition coefficient (Wildman–Crippen LogP) is 3.45. The van der Waals surface area contributed by atoms with E-state index in [9.17, 15) is 28.1 Å². The molecule has 0 bridgehead atoms. The van der Waals surface area contributed by atoms with E-state index in [4.69, 9.17) is 4.74 Å². The molecule has 1 aromatic carbocycles. The summed E-state index contributed by atoms with van der Waals surface area (Å²) in [4.78, 5) is 27.4. The van der Waals surface area contributed by atoms with Crippen molar-refractivity contribution in [1.82, 2.24) is 10.2 Å². The second-order valence-electron chi connectivity index (χ2n) is 8.89. The number of hydrogen-bond acceptors (Lipinski definition) is 6. The van der Waals surface area contributed by atoms with Gasteiger partial charge in [-0.05, 0) is 38.3 Å². The SMILES string of the molecule is CCC(C)(CNC(=O)C1CCN(c2ccc(C(F)(F)F)cc2[N+](=O)[O-])CC1)N1CCOCC1. The molecule has 1 unspecified atom stereocenters. The van der Waals surface area contributed by atoms with E-state index in [-0.39, 0.29) is 23.1 Å². The van der Waals surface area contributed by atoms with E-state index in [0.717, 1.165) is 31.6 Å². The molecule has 1 N–H and O–H groups in total. The molecule has 0 aromatic heterocycles. The van der Waals surface area contributed by atoms with Gasteiger partial charge >= 0.3 is 6.18 Å². The lowest BCUT2D eigenvalue weighted by molar-refractivity contribution is -0.384. The number of rotatable bonds is 7. The molecule has 2 heterocycles. The molecule has 2 saturated heterocycles. The molecule has 0 saturated carbocycles. The van der Waals surface area contributed by atoms with Gasteiger partial charge in [-0.1, -0.05) is 6.92 Å². The number of nitro benzene ring substituents is 1. The number of halogens is 3. The van der Waals surface area contributed by atoms with Gasteiger partial charge in [-0.3, -0.25) is 19.8 Å². The summed E-state index contributed by atoms with van der Waals surface area (Å²) in [6.45, 7) is 8.47. The summed E-state index contributed by atoms with van der Waals surface area (Å²) >= 11 is 0. The van der Waals surface area contributed by atoms with E-state index in [0.29, 0.717) is 51.8 Å². The van der Waals surface area contributed by atoms with Gasteiger partial charge in [0, 0.05) is 50.2 Å². The average Bonchev–Trinajstić information content (AvgIpc) is 2.82. The van der Waals surface area contributed by atoms with Gasteiger partial charge in [-0.15, -0.1) is 0 Å². The van der Waals surface area contributed by atoms with E-state index < -0.39 is 22.4 Å². The van der Waals surface area contributed by atoms with Crippen molar-refractivity contribution in [3.63, 3.8) is 0 Å². The van der Waals surface area contributed by atoms with E-state index >= 15 is 0 Å². The molecule has 0 aliphatic carbocycles. The van der Waals surface area contributed by atoms with Crippen molar-refractivity contribution in [2.24, 2.45) is 5.92 Å². The molecule has 2 aliphatic rings. The fourth-order valence-electron chi connectivity index (χ4n) is 4.48. The normalized spacial score (nSPS) is 20.3. The number of nitrogens with zero attached hydrogens (tertiary/aromatic N) is 3. The Labute approximate surface area is 191 Å². The number of carbonyl (C=O) groups is 1. The van der Waals surface area contributed by atoms with Crippen molar-refractivity contribution in [2.45, 2.75) is 44.8 Å². The highest BCUT2D eigenvalue weighted by Gasteiger charge is 2.36. The number of carbonyl (C=O) groups excluding carboxylic acids is 1. The molecule has 3 rings (SSSR count). The second kappa shape index (κ2) is 10.3. The smallest absolute Gasteiger partial charge is 0.379 e. The number of hydrogen-bond donors (Lipinski definition) is 1. The first-order valence-corrected chi connectivity index (χ1v) is 11.3. The van der Waals surface area contributed by atoms with Gasteiger partial charge < -0.3 is 15.0 Å². The standard InChI is InChI=1S/C22H31F3N4O4/c1-3-21(2,28-10-12-33-13-11-28)15-26-20(30)16-6-8-27(9-7-16)18-5-4-17(22(23,24)25)14-19(18)29(31)32/h4-5,14,16H,3,6-13,15H2,1-2H3,(H,26,30). The molecule has 2 fully saturated rings. The molecule has 11 heteroatoms. The Bertz CT molecular complexity index is 853. The summed E-state index contributed by atoms with van der Waals surface area (Å²) in [6.07, 6.45) is -2.82. The third-order valence-electron chi connectivity index (χ3n) is 6.89. The third-order valence-corrected chi connectivity index (χ3v) is 6.89. The monoisotopic (exact) mass is 472 g/mol. The molecule has 184 valence electrons. The Hall–Kier alpha value is -2.40. The lowest BCUT2D eigenvalue weighted by Crippen LogP contribution is -2.57. The number of nitro groups is 1. The molecule has 0 radical (unpaired) electrons. The van der Waals surface area contributed by atoms with Crippen molar-refractivity contribution in [3.8, 4) is 0 Å². The molecule has 8 nitrogen and oxygen atoms in total. The summed E-state index contributed by atoms with van der Waals surface area (Å²) < 4.78 is 44.3. The first-order chi connectivity index (χ1) is 15.5. The highest BCUT2D eigenvalue weighted by molar-refractivity contribution is 5.79. The van der Waals surface area contributed by atoms with E-state index in [2.05, 4.69) is 24.1 Å². The van der Waals surface area contributed by atoms with E-state index in [1.54, 1.807) is 4.90 Å². The van der Waals surface area contributed by atoms with E-state index in [1.165, 1.54) is 0 Å². The third kappa shape index (κ3) is 5.94. The molecule has 1 atom stereocenters. The van der Waals surface area contributed by atoms with Gasteiger partial charge in [-0.2, -0.15) is 13.2 Å². The van der Waals surface area contributed by atoms with Crippen LogP contribution in [0.4, 0.5) is 24.5 Å². The average molecular weight is 473 g/mol. The fraction of sp³-hybridized carbons (Fsp3) is 0.682. The molecule has 2 aliphatic heterocycles. The van der Waals surface area contributed by atoms with Crippen LogP contribution in [0.25, 0.3) is 0 Å². The van der Waals surface area contributed by atoms with Crippen molar-refractivity contribution in [2.75, 3.05) is 50.8 Å². The number of ether oxygens (including phenoxy) is 1. The summed E-state index contributed by atoms with van der Waals surface area (Å²) in [5.74, 6) is -0.287. The highest BCUT2D eigenvalue weighted by atomic mass is 19.4. The van der Waals surface area contributed by atoms with Crippen LogP contribution in [0.5, 0.6) is 0 Å². The van der Waals surface area contributed by atoms with Crippen LogP contribution in [-0.2, 0) is 15.7 Å². The first kappa shape index (κ1) is 25.2. The van der Waals surface area contributed by atoms with Crippen LogP contribution in [0.15, 0.2) is 18.2 Å². The van der Waals surface area contributed by atoms with Gasteiger partial charge in [0.2, 0.25) is 5.91 Å². The number of amides is 1. The zero-order valence-electron chi connectivity index (χ0n) is 19.0. The summed E-state index contributed by atoms with van der Waals surface area (Å²) in [7, 11) is 0. The maximum atomic E-state index is 13.0. The Kier molecular flexibility index (Phi) is 7.84.